The van der Waals surface area contributed by atoms with Crippen LogP contribution in [0.1, 0.15) is 0 Å². The molecule has 3 aromatic rings. The quantitative estimate of drug-likeness (QED) is 0.774. The molecule has 132 valence electrons. The van der Waals surface area contributed by atoms with Crippen LogP contribution in [0.3, 0.4) is 0 Å². The molecular formula is C18H18FN7. The van der Waals surface area contributed by atoms with E-state index in [2.05, 4.69) is 35.1 Å². The van der Waals surface area contributed by atoms with Crippen molar-refractivity contribution in [1.29, 1.82) is 0 Å². The third kappa shape index (κ3) is 3.53. The number of halogens is 1. The number of rotatable bonds is 4. The Morgan fingerprint density at radius 2 is 1.42 bits per heavy atom. The molecule has 0 saturated carbocycles. The van der Waals surface area contributed by atoms with E-state index in [-0.39, 0.29) is 5.82 Å². The normalized spacial score (nSPS) is 14.3. The number of hydrogen-bond donors (Lipinski definition) is 1. The molecule has 0 atom stereocenters. The summed E-state index contributed by atoms with van der Waals surface area (Å²) in [6.45, 7) is 3.11. The van der Waals surface area contributed by atoms with Gasteiger partial charge in [0, 0.05) is 44.8 Å². The number of piperazine rings is 1. The molecule has 1 aliphatic rings. The number of para-hydroxylation sites is 1. The summed E-state index contributed by atoms with van der Waals surface area (Å²) in [4.78, 5) is 21.7. The zero-order chi connectivity index (χ0) is 17.8. The van der Waals surface area contributed by atoms with Crippen molar-refractivity contribution < 1.29 is 4.39 Å². The van der Waals surface area contributed by atoms with E-state index in [1.807, 2.05) is 6.07 Å². The van der Waals surface area contributed by atoms with Crippen LogP contribution in [0.4, 0.5) is 27.8 Å². The molecule has 1 aliphatic heterocycles. The molecule has 0 radical (unpaired) electrons. The third-order valence-corrected chi connectivity index (χ3v) is 4.18. The van der Waals surface area contributed by atoms with E-state index < -0.39 is 0 Å². The predicted octanol–water partition coefficient (Wildman–Crippen LogP) is 2.48. The highest BCUT2D eigenvalue weighted by molar-refractivity contribution is 5.57. The molecule has 0 aliphatic carbocycles. The summed E-state index contributed by atoms with van der Waals surface area (Å²) >= 11 is 0. The van der Waals surface area contributed by atoms with Crippen LogP contribution in [-0.4, -0.2) is 46.1 Å². The SMILES string of the molecule is Fc1ccccc1Nc1ccnc(N2CCN(c3ncccn3)CC2)n1. The summed E-state index contributed by atoms with van der Waals surface area (Å²) in [6.07, 6.45) is 5.17. The van der Waals surface area contributed by atoms with Crippen LogP contribution in [0.5, 0.6) is 0 Å². The van der Waals surface area contributed by atoms with Gasteiger partial charge in [-0.2, -0.15) is 4.98 Å². The van der Waals surface area contributed by atoms with Gasteiger partial charge in [0.05, 0.1) is 5.69 Å². The number of benzene rings is 1. The number of hydrogen-bond acceptors (Lipinski definition) is 7. The van der Waals surface area contributed by atoms with Gasteiger partial charge in [-0.15, -0.1) is 0 Å². The minimum absolute atomic E-state index is 0.316. The van der Waals surface area contributed by atoms with Crippen molar-refractivity contribution in [3.05, 3.63) is 60.8 Å². The first-order valence-electron chi connectivity index (χ1n) is 8.41. The maximum absolute atomic E-state index is 13.8. The predicted molar refractivity (Wildman–Crippen MR) is 98.2 cm³/mol. The van der Waals surface area contributed by atoms with Crippen molar-refractivity contribution in [3.8, 4) is 0 Å². The minimum Gasteiger partial charge on any atom is -0.338 e. The lowest BCUT2D eigenvalue weighted by molar-refractivity contribution is 0.627. The lowest BCUT2D eigenvalue weighted by Gasteiger charge is -2.34. The van der Waals surface area contributed by atoms with Crippen molar-refractivity contribution in [1.82, 2.24) is 19.9 Å². The number of nitrogens with zero attached hydrogens (tertiary/aromatic N) is 6. The van der Waals surface area contributed by atoms with Gasteiger partial charge in [-0.05, 0) is 24.3 Å². The molecule has 26 heavy (non-hydrogen) atoms. The van der Waals surface area contributed by atoms with E-state index in [4.69, 9.17) is 0 Å². The van der Waals surface area contributed by atoms with Gasteiger partial charge in [0.1, 0.15) is 11.6 Å². The van der Waals surface area contributed by atoms with Gasteiger partial charge >= 0.3 is 0 Å². The Morgan fingerprint density at radius 1 is 0.769 bits per heavy atom. The number of nitrogens with one attached hydrogen (secondary N) is 1. The van der Waals surface area contributed by atoms with E-state index in [9.17, 15) is 4.39 Å². The Labute approximate surface area is 150 Å². The molecule has 1 aromatic carbocycles. The highest BCUT2D eigenvalue weighted by Crippen LogP contribution is 2.20. The van der Waals surface area contributed by atoms with E-state index >= 15 is 0 Å². The molecule has 0 bridgehead atoms. The second kappa shape index (κ2) is 7.30. The van der Waals surface area contributed by atoms with Crippen LogP contribution in [0.2, 0.25) is 0 Å². The number of anilines is 4. The van der Waals surface area contributed by atoms with Gasteiger partial charge in [-0.1, -0.05) is 12.1 Å². The standard InChI is InChI=1S/C18H18FN7/c19-14-4-1-2-5-15(14)23-16-6-9-22-18(24-16)26-12-10-25(11-13-26)17-20-7-3-8-21-17/h1-9H,10-13H2,(H,22,23,24). The van der Waals surface area contributed by atoms with Gasteiger partial charge in [0.2, 0.25) is 11.9 Å². The fraction of sp³-hybridized carbons (Fsp3) is 0.222. The zero-order valence-corrected chi connectivity index (χ0v) is 14.1. The van der Waals surface area contributed by atoms with E-state index in [1.165, 1.54) is 6.07 Å². The summed E-state index contributed by atoms with van der Waals surface area (Å²) in [5.74, 6) is 1.61. The van der Waals surface area contributed by atoms with Crippen LogP contribution in [0.15, 0.2) is 55.0 Å². The fourth-order valence-corrected chi connectivity index (χ4v) is 2.83. The lowest BCUT2D eigenvalue weighted by Crippen LogP contribution is -2.47. The Morgan fingerprint density at radius 3 is 2.15 bits per heavy atom. The van der Waals surface area contributed by atoms with Gasteiger partial charge < -0.3 is 15.1 Å². The molecule has 2 aromatic heterocycles. The van der Waals surface area contributed by atoms with E-state index in [0.29, 0.717) is 17.5 Å². The van der Waals surface area contributed by atoms with Gasteiger partial charge in [-0.25, -0.2) is 19.3 Å². The van der Waals surface area contributed by atoms with Crippen molar-refractivity contribution in [3.63, 3.8) is 0 Å². The van der Waals surface area contributed by atoms with Crippen LogP contribution >= 0.6 is 0 Å². The van der Waals surface area contributed by atoms with Crippen molar-refractivity contribution in [2.24, 2.45) is 0 Å². The molecule has 0 spiro atoms. The third-order valence-electron chi connectivity index (χ3n) is 4.18. The van der Waals surface area contributed by atoms with Gasteiger partial charge in [0.15, 0.2) is 0 Å². The Hall–Kier alpha value is -3.29. The van der Waals surface area contributed by atoms with E-state index in [0.717, 1.165) is 32.1 Å². The van der Waals surface area contributed by atoms with Crippen LogP contribution in [0.25, 0.3) is 0 Å². The molecule has 0 amide bonds. The Balaban J connectivity index is 1.44. The summed E-state index contributed by atoms with van der Waals surface area (Å²) in [7, 11) is 0. The molecule has 8 heteroatoms. The second-order valence-electron chi connectivity index (χ2n) is 5.87. The molecule has 1 N–H and O–H groups in total. The fourth-order valence-electron chi connectivity index (χ4n) is 2.83. The molecule has 1 fully saturated rings. The summed E-state index contributed by atoms with van der Waals surface area (Å²) in [5.41, 5.74) is 0.392. The maximum atomic E-state index is 13.8. The summed E-state index contributed by atoms with van der Waals surface area (Å²) in [6, 6.07) is 10.1. The molecule has 0 unspecified atom stereocenters. The summed E-state index contributed by atoms with van der Waals surface area (Å²) < 4.78 is 13.8. The lowest BCUT2D eigenvalue weighted by atomic mass is 10.3. The average Bonchev–Trinajstić information content (AvgIpc) is 2.71. The first kappa shape index (κ1) is 16.2. The topological polar surface area (TPSA) is 70.1 Å². The second-order valence-corrected chi connectivity index (χ2v) is 5.87. The van der Waals surface area contributed by atoms with Crippen molar-refractivity contribution in [2.45, 2.75) is 0 Å². The summed E-state index contributed by atoms with van der Waals surface area (Å²) in [5, 5.41) is 3.00. The Kier molecular flexibility index (Phi) is 4.55. The Bertz CT molecular complexity index is 866. The molecule has 1 saturated heterocycles. The monoisotopic (exact) mass is 351 g/mol. The van der Waals surface area contributed by atoms with Crippen LogP contribution in [-0.2, 0) is 0 Å². The number of aromatic nitrogens is 4. The van der Waals surface area contributed by atoms with E-state index in [1.54, 1.807) is 42.9 Å². The minimum atomic E-state index is -0.316. The van der Waals surface area contributed by atoms with Gasteiger partial charge in [-0.3, -0.25) is 0 Å². The van der Waals surface area contributed by atoms with Crippen LogP contribution in [0, 0.1) is 5.82 Å². The average molecular weight is 351 g/mol. The smallest absolute Gasteiger partial charge is 0.227 e. The van der Waals surface area contributed by atoms with Gasteiger partial charge in [0.25, 0.3) is 0 Å². The first-order valence-corrected chi connectivity index (χ1v) is 8.41. The highest BCUT2D eigenvalue weighted by atomic mass is 19.1. The van der Waals surface area contributed by atoms with Crippen LogP contribution < -0.4 is 15.1 Å². The van der Waals surface area contributed by atoms with Crippen molar-refractivity contribution >= 4 is 23.4 Å². The zero-order valence-electron chi connectivity index (χ0n) is 14.1. The highest BCUT2D eigenvalue weighted by Gasteiger charge is 2.20. The molecular weight excluding hydrogens is 333 g/mol. The molecule has 7 nitrogen and oxygen atoms in total. The maximum Gasteiger partial charge on any atom is 0.227 e. The largest absolute Gasteiger partial charge is 0.338 e. The molecule has 4 rings (SSSR count). The van der Waals surface area contributed by atoms with Crippen molar-refractivity contribution in [2.75, 3.05) is 41.3 Å². The molecule has 3 heterocycles. The first-order chi connectivity index (χ1) is 12.8.